The van der Waals surface area contributed by atoms with E-state index in [2.05, 4.69) is 5.32 Å². The van der Waals surface area contributed by atoms with Crippen LogP contribution in [-0.2, 0) is 11.2 Å². The van der Waals surface area contributed by atoms with Crippen molar-refractivity contribution in [2.24, 2.45) is 0 Å². The van der Waals surface area contributed by atoms with Gasteiger partial charge < -0.3 is 5.32 Å². The molecule has 64 valence electrons. The molecule has 12 heavy (non-hydrogen) atoms. The second-order valence-corrected chi connectivity index (χ2v) is 2.42. The van der Waals surface area contributed by atoms with Gasteiger partial charge in [0.15, 0.2) is 0 Å². The van der Waals surface area contributed by atoms with Crippen LogP contribution in [0, 0.1) is 5.82 Å². The summed E-state index contributed by atoms with van der Waals surface area (Å²) in [5.41, 5.74) is 1.24. The van der Waals surface area contributed by atoms with Gasteiger partial charge in [0.2, 0.25) is 6.41 Å². The molecule has 0 saturated heterocycles. The summed E-state index contributed by atoms with van der Waals surface area (Å²) in [6.07, 6.45) is 1.20. The molecule has 0 atom stereocenters. The number of hydrogen-bond acceptors (Lipinski definition) is 1. The van der Waals surface area contributed by atoms with Crippen molar-refractivity contribution < 1.29 is 9.18 Å². The number of nitrogens with one attached hydrogen (secondary N) is 1. The molecule has 3 heteroatoms. The number of aryl methyl sites for hydroxylation is 1. The zero-order chi connectivity index (χ0) is 8.97. The number of benzene rings is 1. The van der Waals surface area contributed by atoms with Gasteiger partial charge in [0.05, 0.1) is 0 Å². The molecule has 1 aromatic carbocycles. The zero-order valence-electron chi connectivity index (χ0n) is 6.80. The Hall–Kier alpha value is -1.38. The number of rotatable bonds is 3. The summed E-state index contributed by atoms with van der Waals surface area (Å²) in [7, 11) is 0. The Bertz CT molecular complexity index is 286. The fourth-order valence-electron chi connectivity index (χ4n) is 1.00. The smallest absolute Gasteiger partial charge is 0.211 e. The van der Waals surface area contributed by atoms with Crippen LogP contribution in [0.4, 0.5) is 10.1 Å². The third-order valence-corrected chi connectivity index (χ3v) is 1.65. The summed E-state index contributed by atoms with van der Waals surface area (Å²) in [6.45, 7) is 1.86. The summed E-state index contributed by atoms with van der Waals surface area (Å²) >= 11 is 0. The van der Waals surface area contributed by atoms with E-state index in [0.717, 1.165) is 0 Å². The van der Waals surface area contributed by atoms with E-state index in [-0.39, 0.29) is 5.82 Å². The molecule has 0 radical (unpaired) electrons. The minimum Gasteiger partial charge on any atom is -0.329 e. The van der Waals surface area contributed by atoms with E-state index in [1.807, 2.05) is 6.92 Å². The molecule has 0 aliphatic heterocycles. The maximum atomic E-state index is 12.9. The molecule has 0 bridgehead atoms. The highest BCUT2D eigenvalue weighted by atomic mass is 19.1. The highest BCUT2D eigenvalue weighted by Gasteiger charge is 1.99. The number of hydrogen-bond donors (Lipinski definition) is 1. The van der Waals surface area contributed by atoms with E-state index in [1.54, 1.807) is 6.07 Å². The highest BCUT2D eigenvalue weighted by molar-refractivity contribution is 5.71. The third kappa shape index (κ3) is 1.81. The van der Waals surface area contributed by atoms with Gasteiger partial charge in [-0.25, -0.2) is 4.39 Å². The van der Waals surface area contributed by atoms with E-state index in [9.17, 15) is 9.18 Å². The van der Waals surface area contributed by atoms with Crippen molar-refractivity contribution in [1.82, 2.24) is 0 Å². The molecule has 2 nitrogen and oxygen atoms in total. The van der Waals surface area contributed by atoms with Crippen LogP contribution in [0.25, 0.3) is 0 Å². The van der Waals surface area contributed by atoms with Gasteiger partial charge in [-0.3, -0.25) is 4.79 Å². The van der Waals surface area contributed by atoms with Crippen molar-refractivity contribution >= 4 is 12.1 Å². The largest absolute Gasteiger partial charge is 0.329 e. The molecule has 1 rings (SSSR count). The minimum atomic E-state index is -0.228. The molecule has 0 aliphatic carbocycles. The zero-order valence-corrected chi connectivity index (χ0v) is 6.80. The van der Waals surface area contributed by atoms with Crippen LogP contribution in [-0.4, -0.2) is 6.41 Å². The lowest BCUT2D eigenvalue weighted by molar-refractivity contribution is -0.105. The molecule has 1 amide bonds. The lowest BCUT2D eigenvalue weighted by atomic mass is 10.1. The van der Waals surface area contributed by atoms with Crippen molar-refractivity contribution in [2.75, 3.05) is 5.32 Å². The number of carbonyl (C=O) groups is 1. The molecule has 0 heterocycles. The quantitative estimate of drug-likeness (QED) is 0.685. The fourth-order valence-corrected chi connectivity index (χ4v) is 1.00. The van der Waals surface area contributed by atoms with Gasteiger partial charge in [0.1, 0.15) is 5.82 Å². The Kier molecular flexibility index (Phi) is 2.80. The summed E-state index contributed by atoms with van der Waals surface area (Å²) in [6, 6.07) is 4.51. The maximum absolute atomic E-state index is 12.9. The van der Waals surface area contributed by atoms with Gasteiger partial charge in [-0.1, -0.05) is 6.92 Å². The first-order valence-corrected chi connectivity index (χ1v) is 3.76. The molecular weight excluding hydrogens is 157 g/mol. The standard InChI is InChI=1S/C9H10FNO/c1-2-7-5-8(11-6-12)3-4-9(7)10/h3-6H,2H2,1H3,(H,11,12). The average molecular weight is 167 g/mol. The van der Waals surface area contributed by atoms with Crippen molar-refractivity contribution in [1.29, 1.82) is 0 Å². The van der Waals surface area contributed by atoms with Crippen molar-refractivity contribution in [3.05, 3.63) is 29.6 Å². The van der Waals surface area contributed by atoms with Gasteiger partial charge in [-0.05, 0) is 30.2 Å². The Labute approximate surface area is 70.4 Å². The van der Waals surface area contributed by atoms with E-state index in [4.69, 9.17) is 0 Å². The van der Waals surface area contributed by atoms with Crippen molar-refractivity contribution in [3.8, 4) is 0 Å². The molecule has 0 aliphatic rings. The molecule has 0 saturated carbocycles. The Morgan fingerprint density at radius 2 is 2.33 bits per heavy atom. The van der Waals surface area contributed by atoms with E-state index in [1.165, 1.54) is 12.1 Å². The van der Waals surface area contributed by atoms with Crippen LogP contribution < -0.4 is 5.32 Å². The third-order valence-electron chi connectivity index (χ3n) is 1.65. The van der Waals surface area contributed by atoms with Gasteiger partial charge >= 0.3 is 0 Å². The number of amides is 1. The lowest BCUT2D eigenvalue weighted by Gasteiger charge is -2.02. The normalized spacial score (nSPS) is 9.50. The van der Waals surface area contributed by atoms with Crippen molar-refractivity contribution in [2.45, 2.75) is 13.3 Å². The lowest BCUT2D eigenvalue weighted by Crippen LogP contribution is -1.96. The topological polar surface area (TPSA) is 29.1 Å². The molecule has 0 fully saturated rings. The van der Waals surface area contributed by atoms with Gasteiger partial charge in [0.25, 0.3) is 0 Å². The predicted octanol–water partition coefficient (Wildman–Crippen LogP) is 1.96. The van der Waals surface area contributed by atoms with Crippen molar-refractivity contribution in [3.63, 3.8) is 0 Å². The van der Waals surface area contributed by atoms with Gasteiger partial charge in [-0.15, -0.1) is 0 Å². The summed E-state index contributed by atoms with van der Waals surface area (Å²) in [5.74, 6) is -0.228. The second-order valence-electron chi connectivity index (χ2n) is 2.42. The van der Waals surface area contributed by atoms with E-state index < -0.39 is 0 Å². The number of anilines is 1. The summed E-state index contributed by atoms with van der Waals surface area (Å²) in [5, 5.41) is 2.46. The second kappa shape index (κ2) is 3.85. The molecule has 0 spiro atoms. The van der Waals surface area contributed by atoms with Crippen LogP contribution in [0.2, 0.25) is 0 Å². The maximum Gasteiger partial charge on any atom is 0.211 e. The first-order valence-electron chi connectivity index (χ1n) is 3.76. The van der Waals surface area contributed by atoms with Crippen LogP contribution in [0.3, 0.4) is 0 Å². The number of carbonyl (C=O) groups excluding carboxylic acids is 1. The Morgan fingerprint density at radius 1 is 1.58 bits per heavy atom. The Balaban J connectivity index is 2.96. The molecular formula is C9H10FNO. The Morgan fingerprint density at radius 3 is 2.92 bits per heavy atom. The molecule has 0 aromatic heterocycles. The fraction of sp³-hybridized carbons (Fsp3) is 0.222. The monoisotopic (exact) mass is 167 g/mol. The van der Waals surface area contributed by atoms with E-state index >= 15 is 0 Å². The summed E-state index contributed by atoms with van der Waals surface area (Å²) < 4.78 is 12.9. The summed E-state index contributed by atoms with van der Waals surface area (Å²) in [4.78, 5) is 10.1. The first kappa shape index (κ1) is 8.71. The van der Waals surface area contributed by atoms with E-state index in [0.29, 0.717) is 24.1 Å². The van der Waals surface area contributed by atoms with Crippen LogP contribution >= 0.6 is 0 Å². The van der Waals surface area contributed by atoms with Gasteiger partial charge in [0, 0.05) is 5.69 Å². The van der Waals surface area contributed by atoms with Crippen LogP contribution in [0.5, 0.6) is 0 Å². The highest BCUT2D eigenvalue weighted by Crippen LogP contribution is 2.14. The first-order chi connectivity index (χ1) is 5.77. The molecule has 0 unspecified atom stereocenters. The molecule has 1 N–H and O–H groups in total. The SMILES string of the molecule is CCc1cc(NC=O)ccc1F. The average Bonchev–Trinajstić information content (AvgIpc) is 2.09. The molecule has 1 aromatic rings. The predicted molar refractivity (Wildman–Crippen MR) is 45.5 cm³/mol. The van der Waals surface area contributed by atoms with Crippen LogP contribution in [0.15, 0.2) is 18.2 Å². The van der Waals surface area contributed by atoms with Crippen LogP contribution in [0.1, 0.15) is 12.5 Å². The van der Waals surface area contributed by atoms with Gasteiger partial charge in [-0.2, -0.15) is 0 Å². The minimum absolute atomic E-state index is 0.228. The number of halogens is 1.